The van der Waals surface area contributed by atoms with Gasteiger partial charge in [-0.1, -0.05) is 48.0 Å². The van der Waals surface area contributed by atoms with Gasteiger partial charge in [0.05, 0.1) is 10.7 Å². The molecule has 82 valence electrons. The molecule has 0 saturated heterocycles. The molecule has 1 nitrogen and oxygen atoms in total. The second kappa shape index (κ2) is 4.58. The second-order valence-corrected chi connectivity index (χ2v) is 4.37. The van der Waals surface area contributed by atoms with Crippen LogP contribution in [0.5, 0.6) is 0 Å². The van der Waals surface area contributed by atoms with Crippen molar-refractivity contribution in [3.05, 3.63) is 64.2 Å². The molecule has 0 aliphatic heterocycles. The minimum Gasteiger partial charge on any atom is -0.398 e. The van der Waals surface area contributed by atoms with Crippen molar-refractivity contribution in [1.82, 2.24) is 0 Å². The smallest absolute Gasteiger partial charge is 0.0670 e. The van der Waals surface area contributed by atoms with E-state index in [2.05, 4.69) is 18.2 Å². The number of rotatable bonds is 2. The fourth-order valence-corrected chi connectivity index (χ4v) is 1.99. The Labute approximate surface area is 101 Å². The zero-order valence-electron chi connectivity index (χ0n) is 9.20. The number of benzene rings is 2. The van der Waals surface area contributed by atoms with Crippen molar-refractivity contribution in [1.29, 1.82) is 0 Å². The zero-order valence-corrected chi connectivity index (χ0v) is 9.96. The summed E-state index contributed by atoms with van der Waals surface area (Å²) >= 11 is 6.19. The van der Waals surface area contributed by atoms with Gasteiger partial charge in [0.25, 0.3) is 0 Å². The quantitative estimate of drug-likeness (QED) is 0.782. The number of anilines is 1. The van der Waals surface area contributed by atoms with E-state index in [0.717, 1.165) is 17.5 Å². The molecular weight excluding hydrogens is 218 g/mol. The fourth-order valence-electron chi connectivity index (χ4n) is 1.82. The summed E-state index contributed by atoms with van der Waals surface area (Å²) < 4.78 is 0. The number of nitrogens with two attached hydrogens (primary N) is 1. The number of aryl methyl sites for hydroxylation is 1. The van der Waals surface area contributed by atoms with Crippen LogP contribution in [0.4, 0.5) is 5.69 Å². The van der Waals surface area contributed by atoms with Gasteiger partial charge in [-0.3, -0.25) is 0 Å². The maximum Gasteiger partial charge on any atom is 0.0670 e. The molecule has 2 aromatic carbocycles. The highest BCUT2D eigenvalue weighted by atomic mass is 35.5. The minimum atomic E-state index is 0.660. The van der Waals surface area contributed by atoms with Gasteiger partial charge < -0.3 is 5.73 Å². The van der Waals surface area contributed by atoms with Crippen LogP contribution < -0.4 is 5.73 Å². The molecule has 0 aliphatic rings. The molecule has 0 bridgehead atoms. The van der Waals surface area contributed by atoms with Crippen LogP contribution in [0, 0.1) is 6.92 Å². The summed E-state index contributed by atoms with van der Waals surface area (Å²) in [6, 6.07) is 14.2. The third kappa shape index (κ3) is 2.37. The van der Waals surface area contributed by atoms with Gasteiger partial charge in [0.1, 0.15) is 0 Å². The molecule has 2 aromatic rings. The molecule has 0 amide bonds. The van der Waals surface area contributed by atoms with Gasteiger partial charge in [-0.25, -0.2) is 0 Å². The standard InChI is InChI=1S/C14H14ClN/c1-10-7-12(14(15)13(16)8-10)9-11-5-3-2-4-6-11/h2-8H,9,16H2,1H3. The fraction of sp³-hybridized carbons (Fsp3) is 0.143. The van der Waals surface area contributed by atoms with Crippen molar-refractivity contribution in [2.75, 3.05) is 5.73 Å². The molecular formula is C14H14ClN. The summed E-state index contributed by atoms with van der Waals surface area (Å²) in [4.78, 5) is 0. The summed E-state index contributed by atoms with van der Waals surface area (Å²) in [7, 11) is 0. The van der Waals surface area contributed by atoms with Crippen molar-refractivity contribution < 1.29 is 0 Å². The van der Waals surface area contributed by atoms with Crippen LogP contribution in [-0.2, 0) is 6.42 Å². The third-order valence-electron chi connectivity index (χ3n) is 2.56. The highest BCUT2D eigenvalue weighted by Crippen LogP contribution is 2.27. The van der Waals surface area contributed by atoms with Crippen LogP contribution in [0.15, 0.2) is 42.5 Å². The first-order valence-corrected chi connectivity index (χ1v) is 5.63. The van der Waals surface area contributed by atoms with Gasteiger partial charge in [0, 0.05) is 0 Å². The molecule has 0 aliphatic carbocycles. The van der Waals surface area contributed by atoms with Crippen LogP contribution in [0.1, 0.15) is 16.7 Å². The summed E-state index contributed by atoms with van der Waals surface area (Å²) in [5.74, 6) is 0. The first kappa shape index (κ1) is 11.0. The molecule has 0 spiro atoms. The van der Waals surface area contributed by atoms with Crippen molar-refractivity contribution in [3.63, 3.8) is 0 Å². The van der Waals surface area contributed by atoms with Crippen LogP contribution in [-0.4, -0.2) is 0 Å². The van der Waals surface area contributed by atoms with Gasteiger partial charge >= 0.3 is 0 Å². The van der Waals surface area contributed by atoms with E-state index in [4.69, 9.17) is 17.3 Å². The highest BCUT2D eigenvalue weighted by molar-refractivity contribution is 6.33. The average Bonchev–Trinajstić information content (AvgIpc) is 2.27. The second-order valence-electron chi connectivity index (χ2n) is 3.99. The number of hydrogen-bond acceptors (Lipinski definition) is 1. The number of hydrogen-bond donors (Lipinski definition) is 1. The Hall–Kier alpha value is -1.47. The van der Waals surface area contributed by atoms with E-state index in [1.165, 1.54) is 5.56 Å². The predicted octanol–water partition coefficient (Wildman–Crippen LogP) is 3.82. The lowest BCUT2D eigenvalue weighted by Crippen LogP contribution is -1.95. The molecule has 0 unspecified atom stereocenters. The van der Waals surface area contributed by atoms with Gasteiger partial charge in [-0.2, -0.15) is 0 Å². The van der Waals surface area contributed by atoms with Crippen molar-refractivity contribution in [3.8, 4) is 0 Å². The van der Waals surface area contributed by atoms with Gasteiger partial charge in [-0.05, 0) is 36.1 Å². The van der Waals surface area contributed by atoms with E-state index in [9.17, 15) is 0 Å². The predicted molar refractivity (Wildman–Crippen MR) is 69.8 cm³/mol. The van der Waals surface area contributed by atoms with E-state index < -0.39 is 0 Å². The summed E-state index contributed by atoms with van der Waals surface area (Å²) in [6.45, 7) is 2.03. The Bertz CT molecular complexity index is 492. The van der Waals surface area contributed by atoms with E-state index in [-0.39, 0.29) is 0 Å². The average molecular weight is 232 g/mol. The largest absolute Gasteiger partial charge is 0.398 e. The molecule has 2 heteroatoms. The molecule has 2 rings (SSSR count). The van der Waals surface area contributed by atoms with E-state index in [1.807, 2.05) is 31.2 Å². The molecule has 2 N–H and O–H groups in total. The minimum absolute atomic E-state index is 0.660. The Balaban J connectivity index is 2.35. The third-order valence-corrected chi connectivity index (χ3v) is 3.02. The molecule has 0 aromatic heterocycles. The first-order valence-electron chi connectivity index (χ1n) is 5.25. The Kier molecular flexibility index (Phi) is 3.16. The lowest BCUT2D eigenvalue weighted by atomic mass is 10.0. The first-order chi connectivity index (χ1) is 7.66. The van der Waals surface area contributed by atoms with Crippen LogP contribution >= 0.6 is 11.6 Å². The Morgan fingerprint density at radius 1 is 1.12 bits per heavy atom. The van der Waals surface area contributed by atoms with E-state index in [0.29, 0.717) is 10.7 Å². The van der Waals surface area contributed by atoms with Crippen molar-refractivity contribution in [2.45, 2.75) is 13.3 Å². The number of nitrogen functional groups attached to an aromatic ring is 1. The lowest BCUT2D eigenvalue weighted by molar-refractivity contribution is 1.18. The molecule has 0 radical (unpaired) electrons. The lowest BCUT2D eigenvalue weighted by Gasteiger charge is -2.08. The van der Waals surface area contributed by atoms with Gasteiger partial charge in [-0.15, -0.1) is 0 Å². The van der Waals surface area contributed by atoms with Gasteiger partial charge in [0.2, 0.25) is 0 Å². The molecule has 0 atom stereocenters. The van der Waals surface area contributed by atoms with Crippen LogP contribution in [0.2, 0.25) is 5.02 Å². The molecule has 0 fully saturated rings. The SMILES string of the molecule is Cc1cc(N)c(Cl)c(Cc2ccccc2)c1. The normalized spacial score (nSPS) is 10.4. The topological polar surface area (TPSA) is 26.0 Å². The maximum absolute atomic E-state index is 6.19. The molecule has 0 heterocycles. The van der Waals surface area contributed by atoms with Gasteiger partial charge in [0.15, 0.2) is 0 Å². The summed E-state index contributed by atoms with van der Waals surface area (Å²) in [5, 5.41) is 0.675. The van der Waals surface area contributed by atoms with Crippen LogP contribution in [0.3, 0.4) is 0 Å². The summed E-state index contributed by atoms with van der Waals surface area (Å²) in [5.41, 5.74) is 9.98. The molecule has 16 heavy (non-hydrogen) atoms. The Morgan fingerprint density at radius 2 is 1.81 bits per heavy atom. The number of halogens is 1. The zero-order chi connectivity index (χ0) is 11.5. The maximum atomic E-state index is 6.19. The van der Waals surface area contributed by atoms with E-state index in [1.54, 1.807) is 0 Å². The highest BCUT2D eigenvalue weighted by Gasteiger charge is 2.05. The van der Waals surface area contributed by atoms with E-state index >= 15 is 0 Å². The molecule has 0 saturated carbocycles. The van der Waals surface area contributed by atoms with Crippen molar-refractivity contribution in [2.24, 2.45) is 0 Å². The van der Waals surface area contributed by atoms with Crippen molar-refractivity contribution >= 4 is 17.3 Å². The van der Waals surface area contributed by atoms with Crippen LogP contribution in [0.25, 0.3) is 0 Å². The summed E-state index contributed by atoms with van der Waals surface area (Å²) in [6.07, 6.45) is 0.825. The monoisotopic (exact) mass is 231 g/mol. The Morgan fingerprint density at radius 3 is 2.50 bits per heavy atom.